The Morgan fingerprint density at radius 3 is 2.78 bits per heavy atom. The van der Waals surface area contributed by atoms with Crippen LogP contribution in [0.25, 0.3) is 0 Å². The molecule has 2 radical (unpaired) electrons. The molecular weight excluding hydrogens is 134 g/mol. The van der Waals surface area contributed by atoms with Crippen LogP contribution >= 0.6 is 11.6 Å². The van der Waals surface area contributed by atoms with E-state index in [1.54, 1.807) is 12.3 Å². The first-order valence-corrected chi connectivity index (χ1v) is 3.01. The van der Waals surface area contributed by atoms with Crippen molar-refractivity contribution in [3.8, 4) is 0 Å². The normalized spacial score (nSPS) is 9.56. The van der Waals surface area contributed by atoms with E-state index in [9.17, 15) is 0 Å². The van der Waals surface area contributed by atoms with E-state index in [1.807, 2.05) is 6.07 Å². The Labute approximate surface area is 59.7 Å². The smallest absolute Gasteiger partial charge is 0.0589 e. The second kappa shape index (κ2) is 2.83. The summed E-state index contributed by atoms with van der Waals surface area (Å²) in [6, 6.07) is 3.58. The molecular formula is C7H6ClN. The molecule has 0 saturated heterocycles. The number of pyridine rings is 1. The van der Waals surface area contributed by atoms with E-state index < -0.39 is 0 Å². The van der Waals surface area contributed by atoms with Crippen molar-refractivity contribution in [2.75, 3.05) is 0 Å². The second-order valence-corrected chi connectivity index (χ2v) is 2.11. The Balaban J connectivity index is 2.88. The minimum absolute atomic E-state index is 0.469. The maximum Gasteiger partial charge on any atom is 0.0589 e. The number of rotatable bonds is 1. The van der Waals surface area contributed by atoms with Gasteiger partial charge in [0.15, 0.2) is 0 Å². The monoisotopic (exact) mass is 139 g/mol. The molecule has 0 unspecified atom stereocenters. The van der Waals surface area contributed by atoms with Crippen LogP contribution < -0.4 is 0 Å². The van der Waals surface area contributed by atoms with Gasteiger partial charge in [0.25, 0.3) is 0 Å². The van der Waals surface area contributed by atoms with Crippen LogP contribution in [-0.4, -0.2) is 4.98 Å². The first kappa shape index (κ1) is 6.56. The molecule has 0 spiro atoms. The quantitative estimate of drug-likeness (QED) is 0.580. The number of hydrogen-bond acceptors (Lipinski definition) is 1. The molecule has 0 aliphatic heterocycles. The van der Waals surface area contributed by atoms with Gasteiger partial charge in [0.05, 0.1) is 5.02 Å². The average molecular weight is 140 g/mol. The SMILES string of the molecule is [CH]Cc1ccc(Cl)cn1. The molecule has 2 heteroatoms. The zero-order valence-corrected chi connectivity index (χ0v) is 5.60. The first-order valence-electron chi connectivity index (χ1n) is 2.63. The molecule has 0 amide bonds. The van der Waals surface area contributed by atoms with E-state index in [2.05, 4.69) is 4.98 Å². The molecule has 0 atom stereocenters. The van der Waals surface area contributed by atoms with Crippen LogP contribution in [0.1, 0.15) is 5.69 Å². The van der Waals surface area contributed by atoms with Crippen LogP contribution in [0.3, 0.4) is 0 Å². The van der Waals surface area contributed by atoms with Crippen molar-refractivity contribution in [3.05, 3.63) is 36.0 Å². The summed E-state index contributed by atoms with van der Waals surface area (Å²) < 4.78 is 0. The molecule has 1 aromatic heterocycles. The second-order valence-electron chi connectivity index (χ2n) is 1.67. The van der Waals surface area contributed by atoms with Crippen LogP contribution in [0.2, 0.25) is 5.02 Å². The molecule has 1 aromatic rings. The predicted molar refractivity (Wildman–Crippen MR) is 37.3 cm³/mol. The highest BCUT2D eigenvalue weighted by Crippen LogP contribution is 2.05. The van der Waals surface area contributed by atoms with Gasteiger partial charge in [-0.2, -0.15) is 0 Å². The highest BCUT2D eigenvalue weighted by Gasteiger charge is 1.88. The van der Waals surface area contributed by atoms with Crippen LogP contribution in [0.15, 0.2) is 18.3 Å². The van der Waals surface area contributed by atoms with Crippen LogP contribution in [0, 0.1) is 6.92 Å². The third kappa shape index (κ3) is 1.68. The summed E-state index contributed by atoms with van der Waals surface area (Å²) in [6.45, 7) is 5.29. The summed E-state index contributed by atoms with van der Waals surface area (Å²) in [5.74, 6) is 0. The Morgan fingerprint density at radius 1 is 1.56 bits per heavy atom. The van der Waals surface area contributed by atoms with Gasteiger partial charge in [0.2, 0.25) is 0 Å². The van der Waals surface area contributed by atoms with Crippen molar-refractivity contribution in [1.29, 1.82) is 0 Å². The van der Waals surface area contributed by atoms with E-state index >= 15 is 0 Å². The van der Waals surface area contributed by atoms with Crippen LogP contribution in [0.5, 0.6) is 0 Å². The van der Waals surface area contributed by atoms with Gasteiger partial charge in [-0.1, -0.05) is 11.6 Å². The summed E-state index contributed by atoms with van der Waals surface area (Å²) in [5, 5.41) is 0.646. The maximum atomic E-state index is 5.57. The van der Waals surface area contributed by atoms with Gasteiger partial charge in [0, 0.05) is 11.9 Å². The van der Waals surface area contributed by atoms with Crippen LogP contribution in [0.4, 0.5) is 0 Å². The minimum Gasteiger partial charge on any atom is -0.260 e. The third-order valence-corrected chi connectivity index (χ3v) is 1.22. The lowest BCUT2D eigenvalue weighted by atomic mass is 10.3. The fraction of sp³-hybridized carbons (Fsp3) is 0.143. The van der Waals surface area contributed by atoms with Crippen molar-refractivity contribution in [3.63, 3.8) is 0 Å². The van der Waals surface area contributed by atoms with Crippen molar-refractivity contribution < 1.29 is 0 Å². The summed E-state index contributed by atoms with van der Waals surface area (Å²) in [4.78, 5) is 3.94. The standard InChI is InChI=1S/C7H6ClN/c1-2-7-4-3-6(8)5-9-7/h1,3-5H,2H2. The average Bonchev–Trinajstić information content (AvgIpc) is 1.90. The summed E-state index contributed by atoms with van der Waals surface area (Å²) >= 11 is 5.57. The molecule has 1 heterocycles. The van der Waals surface area contributed by atoms with Gasteiger partial charge >= 0.3 is 0 Å². The minimum atomic E-state index is 0.469. The number of halogens is 1. The first-order chi connectivity index (χ1) is 4.33. The highest BCUT2D eigenvalue weighted by atomic mass is 35.5. The van der Waals surface area contributed by atoms with Crippen molar-refractivity contribution >= 4 is 11.6 Å². The summed E-state index contributed by atoms with van der Waals surface area (Å²) in [7, 11) is 0. The predicted octanol–water partition coefficient (Wildman–Crippen LogP) is 1.99. The molecule has 1 nitrogen and oxygen atoms in total. The number of aromatic nitrogens is 1. The number of nitrogens with zero attached hydrogens (tertiary/aromatic N) is 1. The van der Waals surface area contributed by atoms with E-state index in [0.29, 0.717) is 11.4 Å². The fourth-order valence-electron chi connectivity index (χ4n) is 0.527. The van der Waals surface area contributed by atoms with Crippen LogP contribution in [-0.2, 0) is 6.42 Å². The van der Waals surface area contributed by atoms with Crippen molar-refractivity contribution in [1.82, 2.24) is 4.98 Å². The molecule has 1 rings (SSSR count). The third-order valence-electron chi connectivity index (χ3n) is 0.998. The summed E-state index contributed by atoms with van der Waals surface area (Å²) in [6.07, 6.45) is 2.06. The van der Waals surface area contributed by atoms with Crippen molar-refractivity contribution in [2.24, 2.45) is 0 Å². The molecule has 46 valence electrons. The molecule has 0 aliphatic carbocycles. The molecule has 0 N–H and O–H groups in total. The zero-order valence-electron chi connectivity index (χ0n) is 4.84. The molecule has 0 bridgehead atoms. The molecule has 0 aliphatic rings. The largest absolute Gasteiger partial charge is 0.260 e. The van der Waals surface area contributed by atoms with Gasteiger partial charge in [-0.3, -0.25) is 4.98 Å². The van der Waals surface area contributed by atoms with E-state index in [4.69, 9.17) is 18.5 Å². The highest BCUT2D eigenvalue weighted by molar-refractivity contribution is 6.30. The van der Waals surface area contributed by atoms with Gasteiger partial charge in [-0.25, -0.2) is 0 Å². The van der Waals surface area contributed by atoms with Gasteiger partial charge in [-0.15, -0.1) is 0 Å². The van der Waals surface area contributed by atoms with E-state index in [-0.39, 0.29) is 0 Å². The van der Waals surface area contributed by atoms with E-state index in [1.165, 1.54) is 0 Å². The zero-order chi connectivity index (χ0) is 6.69. The topological polar surface area (TPSA) is 12.9 Å². The van der Waals surface area contributed by atoms with E-state index in [0.717, 1.165) is 5.69 Å². The van der Waals surface area contributed by atoms with Gasteiger partial charge < -0.3 is 0 Å². The molecule has 9 heavy (non-hydrogen) atoms. The Bertz CT molecular complexity index is 181. The lowest BCUT2D eigenvalue weighted by Gasteiger charge is -1.91. The number of hydrogen-bond donors (Lipinski definition) is 0. The molecule has 0 saturated carbocycles. The van der Waals surface area contributed by atoms with Gasteiger partial charge in [-0.05, 0) is 25.5 Å². The molecule has 0 fully saturated rings. The molecule has 0 aromatic carbocycles. The maximum absolute atomic E-state index is 5.57. The summed E-state index contributed by atoms with van der Waals surface area (Å²) in [5.41, 5.74) is 0.861. The lowest BCUT2D eigenvalue weighted by Crippen LogP contribution is -1.83. The Morgan fingerprint density at radius 2 is 2.33 bits per heavy atom. The fourth-order valence-corrected chi connectivity index (χ4v) is 0.639. The Hall–Kier alpha value is -0.560. The van der Waals surface area contributed by atoms with Crippen molar-refractivity contribution in [2.45, 2.75) is 6.42 Å². The lowest BCUT2D eigenvalue weighted by molar-refractivity contribution is 1.11. The van der Waals surface area contributed by atoms with Gasteiger partial charge in [0.1, 0.15) is 0 Å². The Kier molecular flexibility index (Phi) is 2.06.